The van der Waals surface area contributed by atoms with E-state index in [0.29, 0.717) is 17.6 Å². The van der Waals surface area contributed by atoms with Gasteiger partial charge in [-0.25, -0.2) is 0 Å². The second kappa shape index (κ2) is 6.94. The molecule has 5 rings (SSSR count). The molecule has 0 bridgehead atoms. The largest absolute Gasteiger partial charge is 0.338 e. The van der Waals surface area contributed by atoms with Crippen LogP contribution in [0.5, 0.6) is 0 Å². The number of thioether (sulfide) groups is 1. The summed E-state index contributed by atoms with van der Waals surface area (Å²) in [6.07, 6.45) is 2.36. The van der Waals surface area contributed by atoms with Gasteiger partial charge in [-0.05, 0) is 43.3 Å². The maximum atomic E-state index is 5.50. The molecule has 1 aliphatic rings. The first kappa shape index (κ1) is 16.7. The van der Waals surface area contributed by atoms with Crippen LogP contribution in [0.3, 0.4) is 0 Å². The molecule has 0 spiro atoms. The van der Waals surface area contributed by atoms with Crippen LogP contribution in [-0.4, -0.2) is 24.9 Å². The van der Waals surface area contributed by atoms with Gasteiger partial charge in [0.2, 0.25) is 11.7 Å². The minimum absolute atomic E-state index is 0.0232. The van der Waals surface area contributed by atoms with E-state index in [1.54, 1.807) is 23.1 Å². The van der Waals surface area contributed by atoms with Gasteiger partial charge in [-0.1, -0.05) is 41.2 Å². The Balaban J connectivity index is 1.44. The molecule has 0 unspecified atom stereocenters. The van der Waals surface area contributed by atoms with Gasteiger partial charge in [0.05, 0.1) is 10.1 Å². The van der Waals surface area contributed by atoms with Crippen molar-refractivity contribution in [3.05, 3.63) is 59.6 Å². The molecule has 0 saturated heterocycles. The maximum absolute atomic E-state index is 5.50. The van der Waals surface area contributed by atoms with Gasteiger partial charge < -0.3 is 4.52 Å². The van der Waals surface area contributed by atoms with Gasteiger partial charge in [-0.3, -0.25) is 4.57 Å². The highest BCUT2D eigenvalue weighted by Gasteiger charge is 2.32. The van der Waals surface area contributed by atoms with Gasteiger partial charge in [-0.2, -0.15) is 4.98 Å². The van der Waals surface area contributed by atoms with Crippen molar-refractivity contribution in [3.63, 3.8) is 0 Å². The third kappa shape index (κ3) is 3.30. The van der Waals surface area contributed by atoms with Crippen LogP contribution >= 0.6 is 23.1 Å². The lowest BCUT2D eigenvalue weighted by atomic mass is 10.3. The van der Waals surface area contributed by atoms with E-state index >= 15 is 0 Å². The Kier molecular flexibility index (Phi) is 4.29. The Morgan fingerprint density at radius 1 is 1.15 bits per heavy atom. The third-order valence-corrected chi connectivity index (χ3v) is 6.32. The van der Waals surface area contributed by atoms with Crippen LogP contribution < -0.4 is 0 Å². The minimum Gasteiger partial charge on any atom is -0.338 e. The summed E-state index contributed by atoms with van der Waals surface area (Å²) >= 11 is 3.19. The Bertz CT molecular complexity index is 1040. The molecule has 0 radical (unpaired) electrons. The van der Waals surface area contributed by atoms with Crippen LogP contribution in [0.25, 0.3) is 16.4 Å². The molecule has 3 aromatic heterocycles. The van der Waals surface area contributed by atoms with Crippen LogP contribution in [0, 0.1) is 0 Å². The van der Waals surface area contributed by atoms with Crippen LogP contribution in [0.15, 0.2) is 57.5 Å². The van der Waals surface area contributed by atoms with E-state index in [9.17, 15) is 0 Å². The SMILES string of the molecule is C[C@@H](Sc1nnc(C2CC2)n1-c1ccccc1)c1nc(-c2cccs2)no1. The van der Waals surface area contributed by atoms with Crippen molar-refractivity contribution >= 4 is 23.1 Å². The van der Waals surface area contributed by atoms with Crippen LogP contribution in [0.1, 0.15) is 42.6 Å². The van der Waals surface area contributed by atoms with Gasteiger partial charge in [0.1, 0.15) is 5.82 Å². The Hall–Kier alpha value is -2.45. The maximum Gasteiger partial charge on any atom is 0.240 e. The fourth-order valence-corrected chi connectivity index (χ4v) is 4.45. The highest BCUT2D eigenvalue weighted by atomic mass is 32.2. The summed E-state index contributed by atoms with van der Waals surface area (Å²) in [6, 6.07) is 14.2. The highest BCUT2D eigenvalue weighted by Crippen LogP contribution is 2.43. The van der Waals surface area contributed by atoms with Gasteiger partial charge in [0.15, 0.2) is 5.16 Å². The molecule has 3 heterocycles. The predicted molar refractivity (Wildman–Crippen MR) is 105 cm³/mol. The first-order valence-electron chi connectivity index (χ1n) is 8.84. The molecule has 4 aromatic rings. The molecule has 0 aliphatic heterocycles. The quantitative estimate of drug-likeness (QED) is 0.423. The zero-order valence-electron chi connectivity index (χ0n) is 14.6. The number of aromatic nitrogens is 5. The van der Waals surface area contributed by atoms with Crippen LogP contribution in [-0.2, 0) is 0 Å². The molecule has 136 valence electrons. The molecule has 1 aliphatic carbocycles. The molecule has 1 saturated carbocycles. The van der Waals surface area contributed by atoms with Gasteiger partial charge in [0, 0.05) is 11.6 Å². The molecule has 1 atom stereocenters. The fraction of sp³-hybridized carbons (Fsp3) is 0.263. The Morgan fingerprint density at radius 2 is 2.00 bits per heavy atom. The lowest BCUT2D eigenvalue weighted by Gasteiger charge is -2.11. The van der Waals surface area contributed by atoms with E-state index in [4.69, 9.17) is 4.52 Å². The first-order valence-corrected chi connectivity index (χ1v) is 10.6. The predicted octanol–water partition coefficient (Wildman–Crippen LogP) is 5.11. The summed E-state index contributed by atoms with van der Waals surface area (Å²) in [4.78, 5) is 5.57. The summed E-state index contributed by atoms with van der Waals surface area (Å²) in [5, 5.41) is 15.9. The van der Waals surface area contributed by atoms with Crippen molar-refractivity contribution < 1.29 is 4.52 Å². The summed E-state index contributed by atoms with van der Waals surface area (Å²) in [6.45, 7) is 2.05. The zero-order chi connectivity index (χ0) is 18.2. The highest BCUT2D eigenvalue weighted by molar-refractivity contribution is 7.99. The molecule has 0 N–H and O–H groups in total. The molecule has 1 aromatic carbocycles. The average Bonchev–Trinajstić information content (AvgIpc) is 3.11. The number of hydrogen-bond donors (Lipinski definition) is 0. The van der Waals surface area contributed by atoms with Crippen molar-refractivity contribution in [1.82, 2.24) is 24.9 Å². The lowest BCUT2D eigenvalue weighted by molar-refractivity contribution is 0.380. The van der Waals surface area contributed by atoms with Crippen molar-refractivity contribution in [3.8, 4) is 16.4 Å². The van der Waals surface area contributed by atoms with E-state index in [-0.39, 0.29) is 5.25 Å². The topological polar surface area (TPSA) is 69.6 Å². The third-order valence-electron chi connectivity index (χ3n) is 4.43. The average molecular weight is 396 g/mol. The minimum atomic E-state index is -0.0232. The Morgan fingerprint density at radius 3 is 2.74 bits per heavy atom. The number of thiophene rings is 1. The van der Waals surface area contributed by atoms with Gasteiger partial charge in [0.25, 0.3) is 0 Å². The van der Waals surface area contributed by atoms with Crippen LogP contribution in [0.2, 0.25) is 0 Å². The number of hydrogen-bond acceptors (Lipinski definition) is 7. The lowest BCUT2D eigenvalue weighted by Crippen LogP contribution is -2.02. The summed E-state index contributed by atoms with van der Waals surface area (Å²) in [5.74, 6) is 2.78. The number of para-hydroxylation sites is 1. The second-order valence-electron chi connectivity index (χ2n) is 6.48. The molecular formula is C19H17N5OS2. The van der Waals surface area contributed by atoms with Crippen molar-refractivity contribution in [2.75, 3.05) is 0 Å². The molecule has 1 fully saturated rings. The molecule has 8 heteroatoms. The van der Waals surface area contributed by atoms with Gasteiger partial charge in [-0.15, -0.1) is 21.5 Å². The second-order valence-corrected chi connectivity index (χ2v) is 8.74. The summed E-state index contributed by atoms with van der Waals surface area (Å²) < 4.78 is 7.66. The van der Waals surface area contributed by atoms with E-state index in [2.05, 4.69) is 44.0 Å². The smallest absolute Gasteiger partial charge is 0.240 e. The van der Waals surface area contributed by atoms with Crippen LogP contribution in [0.4, 0.5) is 0 Å². The normalized spacial score (nSPS) is 15.1. The summed E-state index contributed by atoms with van der Waals surface area (Å²) in [7, 11) is 0. The van der Waals surface area contributed by atoms with Gasteiger partial charge >= 0.3 is 0 Å². The van der Waals surface area contributed by atoms with E-state index in [0.717, 1.165) is 21.5 Å². The van der Waals surface area contributed by atoms with E-state index in [1.165, 1.54) is 12.8 Å². The fourth-order valence-electron chi connectivity index (χ4n) is 2.90. The number of rotatable bonds is 6. The molecule has 0 amide bonds. The Labute approximate surface area is 164 Å². The molecular weight excluding hydrogens is 378 g/mol. The van der Waals surface area contributed by atoms with Crippen molar-refractivity contribution in [2.24, 2.45) is 0 Å². The summed E-state index contributed by atoms with van der Waals surface area (Å²) in [5.41, 5.74) is 1.09. The number of benzene rings is 1. The van der Waals surface area contributed by atoms with Crippen molar-refractivity contribution in [2.45, 2.75) is 36.1 Å². The zero-order valence-corrected chi connectivity index (χ0v) is 16.3. The number of nitrogens with zero attached hydrogens (tertiary/aromatic N) is 5. The molecule has 27 heavy (non-hydrogen) atoms. The van der Waals surface area contributed by atoms with E-state index in [1.807, 2.05) is 35.7 Å². The van der Waals surface area contributed by atoms with E-state index < -0.39 is 0 Å². The first-order chi connectivity index (χ1) is 13.3. The standard InChI is InChI=1S/C19H17N5OS2/c1-12(18-20-16(23-25-18)15-8-5-11-26-15)27-19-22-21-17(13-9-10-13)24(19)14-6-3-2-4-7-14/h2-8,11-13H,9-10H2,1H3/t12-/m1/s1. The van der Waals surface area contributed by atoms with Crippen molar-refractivity contribution in [1.29, 1.82) is 0 Å². The molecule has 6 nitrogen and oxygen atoms in total. The monoisotopic (exact) mass is 395 g/mol.